The van der Waals surface area contributed by atoms with Crippen LogP contribution in [0.4, 0.5) is 5.69 Å². The fraction of sp³-hybridized carbons (Fsp3) is 0. The minimum atomic E-state index is -3.82. The summed E-state index contributed by atoms with van der Waals surface area (Å²) in [5.74, 6) is 0. The molecule has 1 N–H and O–H groups in total. The lowest BCUT2D eigenvalue weighted by Gasteiger charge is -2.12. The molecule has 0 saturated heterocycles. The smallest absolute Gasteiger partial charge is 0.262 e. The van der Waals surface area contributed by atoms with E-state index in [1.54, 1.807) is 12.1 Å². The van der Waals surface area contributed by atoms with Crippen LogP contribution in [0.15, 0.2) is 59.5 Å². The maximum Gasteiger partial charge on any atom is 0.262 e. The summed E-state index contributed by atoms with van der Waals surface area (Å²) in [4.78, 5) is 0.123. The van der Waals surface area contributed by atoms with Gasteiger partial charge in [0.2, 0.25) is 0 Å². The van der Waals surface area contributed by atoms with E-state index < -0.39 is 10.0 Å². The predicted molar refractivity (Wildman–Crippen MR) is 96.2 cm³/mol. The second kappa shape index (κ2) is 6.21. The van der Waals surface area contributed by atoms with Gasteiger partial charge in [-0.15, -0.1) is 0 Å². The molecule has 0 aliphatic carbocycles. The van der Waals surface area contributed by atoms with Crippen LogP contribution in [0.5, 0.6) is 0 Å². The average molecular weight is 387 g/mol. The summed E-state index contributed by atoms with van der Waals surface area (Å²) in [7, 11) is -3.82. The molecule has 0 aromatic heterocycles. The van der Waals surface area contributed by atoms with Crippen molar-refractivity contribution in [3.8, 4) is 0 Å². The molecule has 3 rings (SSSR count). The van der Waals surface area contributed by atoms with Gasteiger partial charge in [-0.3, -0.25) is 4.72 Å². The zero-order chi connectivity index (χ0) is 16.6. The summed E-state index contributed by atoms with van der Waals surface area (Å²) in [5.41, 5.74) is 0.103. The van der Waals surface area contributed by atoms with E-state index in [9.17, 15) is 8.42 Å². The van der Waals surface area contributed by atoms with Crippen molar-refractivity contribution in [2.75, 3.05) is 4.72 Å². The number of fused-ring (bicyclic) bond motifs is 1. The highest BCUT2D eigenvalue weighted by Gasteiger charge is 2.18. The Morgan fingerprint density at radius 1 is 0.783 bits per heavy atom. The standard InChI is InChI=1S/C16H10Cl3NO2S/c17-12-8-14(18)16(15(19)9-12)20-23(21,22)13-6-5-10-3-1-2-4-11(10)7-13/h1-9,20H. The third-order valence-electron chi connectivity index (χ3n) is 3.27. The van der Waals surface area contributed by atoms with E-state index in [2.05, 4.69) is 4.72 Å². The molecule has 0 aliphatic rings. The third kappa shape index (κ3) is 3.40. The van der Waals surface area contributed by atoms with E-state index >= 15 is 0 Å². The molecule has 0 radical (unpaired) electrons. The van der Waals surface area contributed by atoms with Crippen LogP contribution in [0.1, 0.15) is 0 Å². The summed E-state index contributed by atoms with van der Waals surface area (Å²) >= 11 is 17.9. The molecule has 0 atom stereocenters. The SMILES string of the molecule is O=S(=O)(Nc1c(Cl)cc(Cl)cc1Cl)c1ccc2ccccc2c1. The van der Waals surface area contributed by atoms with E-state index in [0.29, 0.717) is 5.02 Å². The molecule has 0 saturated carbocycles. The van der Waals surface area contributed by atoms with Gasteiger partial charge in [-0.1, -0.05) is 65.1 Å². The molecular formula is C16H10Cl3NO2S. The van der Waals surface area contributed by atoms with E-state index in [4.69, 9.17) is 34.8 Å². The van der Waals surface area contributed by atoms with Crippen molar-refractivity contribution in [1.29, 1.82) is 0 Å². The van der Waals surface area contributed by atoms with Crippen LogP contribution in [-0.2, 0) is 10.0 Å². The molecular weight excluding hydrogens is 377 g/mol. The Morgan fingerprint density at radius 2 is 1.39 bits per heavy atom. The minimum absolute atomic E-state index is 0.103. The Morgan fingerprint density at radius 3 is 2.04 bits per heavy atom. The number of nitrogens with one attached hydrogen (secondary N) is 1. The number of hydrogen-bond donors (Lipinski definition) is 1. The Kier molecular flexibility index (Phi) is 4.43. The van der Waals surface area contributed by atoms with Crippen LogP contribution < -0.4 is 4.72 Å². The second-order valence-electron chi connectivity index (χ2n) is 4.86. The molecule has 0 unspecified atom stereocenters. The molecule has 3 aromatic rings. The predicted octanol–water partition coefficient (Wildman–Crippen LogP) is 5.60. The molecule has 0 bridgehead atoms. The highest BCUT2D eigenvalue weighted by molar-refractivity contribution is 7.92. The largest absolute Gasteiger partial charge is 0.277 e. The average Bonchev–Trinajstić information content (AvgIpc) is 2.50. The monoisotopic (exact) mass is 385 g/mol. The molecule has 7 heteroatoms. The van der Waals surface area contributed by atoms with Gasteiger partial charge in [-0.05, 0) is 35.0 Å². The first-order valence-electron chi connectivity index (χ1n) is 6.53. The molecule has 0 fully saturated rings. The molecule has 0 spiro atoms. The summed E-state index contributed by atoms with van der Waals surface area (Å²) in [6, 6.07) is 15.2. The summed E-state index contributed by atoms with van der Waals surface area (Å²) in [6.07, 6.45) is 0. The van der Waals surface area contributed by atoms with Crippen LogP contribution in [0, 0.1) is 0 Å². The molecule has 23 heavy (non-hydrogen) atoms. The molecule has 0 heterocycles. The highest BCUT2D eigenvalue weighted by Crippen LogP contribution is 2.35. The van der Waals surface area contributed by atoms with Gasteiger partial charge in [0, 0.05) is 5.02 Å². The Hall–Kier alpha value is -1.46. The van der Waals surface area contributed by atoms with Gasteiger partial charge in [0.15, 0.2) is 0 Å². The lowest BCUT2D eigenvalue weighted by molar-refractivity contribution is 0.601. The number of benzene rings is 3. The zero-order valence-electron chi connectivity index (χ0n) is 11.6. The van der Waals surface area contributed by atoms with Gasteiger partial charge in [0.05, 0.1) is 20.6 Å². The molecule has 0 amide bonds. The Labute approximate surface area is 148 Å². The van der Waals surface area contributed by atoms with Crippen LogP contribution in [0.2, 0.25) is 15.1 Å². The van der Waals surface area contributed by atoms with Crippen LogP contribution in [0.25, 0.3) is 10.8 Å². The van der Waals surface area contributed by atoms with Crippen molar-refractivity contribution in [1.82, 2.24) is 0 Å². The third-order valence-corrected chi connectivity index (χ3v) is 5.44. The van der Waals surface area contributed by atoms with E-state index in [0.717, 1.165) is 10.8 Å². The van der Waals surface area contributed by atoms with Crippen molar-refractivity contribution in [3.63, 3.8) is 0 Å². The minimum Gasteiger partial charge on any atom is -0.277 e. The van der Waals surface area contributed by atoms with Crippen LogP contribution >= 0.6 is 34.8 Å². The van der Waals surface area contributed by atoms with Crippen LogP contribution in [0.3, 0.4) is 0 Å². The first-order valence-corrected chi connectivity index (χ1v) is 9.15. The van der Waals surface area contributed by atoms with Gasteiger partial charge in [-0.25, -0.2) is 8.42 Å². The van der Waals surface area contributed by atoms with Crippen molar-refractivity contribution in [2.24, 2.45) is 0 Å². The first-order chi connectivity index (χ1) is 10.9. The van der Waals surface area contributed by atoms with Gasteiger partial charge in [0.25, 0.3) is 10.0 Å². The van der Waals surface area contributed by atoms with E-state index in [1.807, 2.05) is 24.3 Å². The maximum absolute atomic E-state index is 12.6. The van der Waals surface area contributed by atoms with E-state index in [1.165, 1.54) is 18.2 Å². The summed E-state index contributed by atoms with van der Waals surface area (Å²) < 4.78 is 27.6. The number of sulfonamides is 1. The summed E-state index contributed by atoms with van der Waals surface area (Å²) in [6.45, 7) is 0. The zero-order valence-corrected chi connectivity index (χ0v) is 14.6. The maximum atomic E-state index is 12.6. The highest BCUT2D eigenvalue weighted by atomic mass is 35.5. The molecule has 118 valence electrons. The normalized spacial score (nSPS) is 11.6. The van der Waals surface area contributed by atoms with Gasteiger partial charge >= 0.3 is 0 Å². The number of hydrogen-bond acceptors (Lipinski definition) is 2. The van der Waals surface area contributed by atoms with E-state index in [-0.39, 0.29) is 20.6 Å². The number of halogens is 3. The molecule has 0 aliphatic heterocycles. The second-order valence-corrected chi connectivity index (χ2v) is 7.79. The number of anilines is 1. The lowest BCUT2D eigenvalue weighted by atomic mass is 10.1. The van der Waals surface area contributed by atoms with Crippen molar-refractivity contribution in [3.05, 3.63) is 69.7 Å². The number of rotatable bonds is 3. The lowest BCUT2D eigenvalue weighted by Crippen LogP contribution is -2.13. The molecule has 3 aromatic carbocycles. The van der Waals surface area contributed by atoms with Crippen molar-refractivity contribution in [2.45, 2.75) is 4.90 Å². The van der Waals surface area contributed by atoms with Gasteiger partial charge < -0.3 is 0 Å². The first kappa shape index (κ1) is 16.4. The van der Waals surface area contributed by atoms with Crippen LogP contribution in [-0.4, -0.2) is 8.42 Å². The summed E-state index contributed by atoms with van der Waals surface area (Å²) in [5, 5.41) is 2.37. The Bertz CT molecular complexity index is 980. The van der Waals surface area contributed by atoms with Gasteiger partial charge in [0.1, 0.15) is 0 Å². The fourth-order valence-electron chi connectivity index (χ4n) is 2.17. The quantitative estimate of drug-likeness (QED) is 0.636. The topological polar surface area (TPSA) is 46.2 Å². The van der Waals surface area contributed by atoms with Gasteiger partial charge in [-0.2, -0.15) is 0 Å². The van der Waals surface area contributed by atoms with Crippen molar-refractivity contribution >= 4 is 61.3 Å². The van der Waals surface area contributed by atoms with Crippen molar-refractivity contribution < 1.29 is 8.42 Å². The molecule has 3 nitrogen and oxygen atoms in total. The fourth-order valence-corrected chi connectivity index (χ4v) is 4.33. The Balaban J connectivity index is 2.04.